The van der Waals surface area contributed by atoms with E-state index in [-0.39, 0.29) is 5.91 Å². The molecular weight excluding hydrogens is 386 g/mol. The van der Waals surface area contributed by atoms with Gasteiger partial charge in [-0.15, -0.1) is 10.2 Å². The molecule has 0 aliphatic rings. The molecule has 2 heterocycles. The van der Waals surface area contributed by atoms with E-state index >= 15 is 0 Å². The first-order valence-electron chi connectivity index (χ1n) is 8.11. The minimum absolute atomic E-state index is 0.184. The van der Waals surface area contributed by atoms with Gasteiger partial charge in [0.15, 0.2) is 11.0 Å². The highest BCUT2D eigenvalue weighted by Crippen LogP contribution is 2.31. The van der Waals surface area contributed by atoms with Gasteiger partial charge in [0.2, 0.25) is 5.91 Å². The zero-order valence-corrected chi connectivity index (χ0v) is 16.6. The Morgan fingerprint density at radius 3 is 2.74 bits per heavy atom. The summed E-state index contributed by atoms with van der Waals surface area (Å²) in [6, 6.07) is 10.9. The second-order valence-corrected chi connectivity index (χ2v) is 7.42. The standard InChI is InChI=1S/C18H18ClN5O2S/c1-11(17(25)21-15-9-8-12(19)10-20-15)27-18-23-22-16(24(18)2)13-6-4-5-7-14(13)26-3/h4-11H,1-3H3,(H,20,21,25). The molecule has 9 heteroatoms. The molecule has 0 radical (unpaired) electrons. The summed E-state index contributed by atoms with van der Waals surface area (Å²) in [4.78, 5) is 16.5. The van der Waals surface area contributed by atoms with Gasteiger partial charge in [0.1, 0.15) is 11.6 Å². The lowest BCUT2D eigenvalue weighted by Gasteiger charge is -2.12. The highest BCUT2D eigenvalue weighted by molar-refractivity contribution is 8.00. The van der Waals surface area contributed by atoms with Crippen LogP contribution >= 0.6 is 23.4 Å². The van der Waals surface area contributed by atoms with Crippen molar-refractivity contribution in [2.45, 2.75) is 17.3 Å². The van der Waals surface area contributed by atoms with Gasteiger partial charge < -0.3 is 14.6 Å². The molecule has 1 amide bonds. The van der Waals surface area contributed by atoms with Crippen LogP contribution in [0, 0.1) is 0 Å². The first-order chi connectivity index (χ1) is 13.0. The number of anilines is 1. The van der Waals surface area contributed by atoms with Crippen molar-refractivity contribution in [2.75, 3.05) is 12.4 Å². The second-order valence-electron chi connectivity index (χ2n) is 5.68. The molecule has 1 aromatic carbocycles. The number of aromatic nitrogens is 4. The van der Waals surface area contributed by atoms with Crippen LogP contribution in [0.3, 0.4) is 0 Å². The van der Waals surface area contributed by atoms with E-state index in [1.807, 2.05) is 35.9 Å². The molecule has 0 aliphatic carbocycles. The summed E-state index contributed by atoms with van der Waals surface area (Å²) in [7, 11) is 3.47. The number of carbonyl (C=O) groups excluding carboxylic acids is 1. The van der Waals surface area contributed by atoms with Crippen LogP contribution in [0.2, 0.25) is 5.02 Å². The maximum atomic E-state index is 12.4. The third-order valence-electron chi connectivity index (χ3n) is 3.81. The molecule has 1 unspecified atom stereocenters. The van der Waals surface area contributed by atoms with Gasteiger partial charge in [0.25, 0.3) is 0 Å². The third-order valence-corrected chi connectivity index (χ3v) is 5.17. The van der Waals surface area contributed by atoms with E-state index in [4.69, 9.17) is 16.3 Å². The van der Waals surface area contributed by atoms with Crippen LogP contribution in [0.25, 0.3) is 11.4 Å². The molecular formula is C18H18ClN5O2S. The first kappa shape index (κ1) is 19.2. The predicted octanol–water partition coefficient (Wildman–Crippen LogP) is 3.66. The minimum Gasteiger partial charge on any atom is -0.496 e. The van der Waals surface area contributed by atoms with E-state index in [0.717, 1.165) is 5.56 Å². The average molecular weight is 404 g/mol. The normalized spacial score (nSPS) is 11.9. The molecule has 1 N–H and O–H groups in total. The fourth-order valence-electron chi connectivity index (χ4n) is 2.37. The van der Waals surface area contributed by atoms with Gasteiger partial charge in [0, 0.05) is 13.2 Å². The van der Waals surface area contributed by atoms with Crippen molar-refractivity contribution in [3.8, 4) is 17.1 Å². The van der Waals surface area contributed by atoms with Crippen LogP contribution in [0.5, 0.6) is 5.75 Å². The largest absolute Gasteiger partial charge is 0.496 e. The van der Waals surface area contributed by atoms with Crippen molar-refractivity contribution < 1.29 is 9.53 Å². The fraction of sp³-hybridized carbons (Fsp3) is 0.222. The molecule has 1 atom stereocenters. The number of benzene rings is 1. The van der Waals surface area contributed by atoms with Gasteiger partial charge in [-0.2, -0.15) is 0 Å². The van der Waals surface area contributed by atoms with Crippen molar-refractivity contribution in [3.63, 3.8) is 0 Å². The Labute approximate surface area is 166 Å². The van der Waals surface area contributed by atoms with Gasteiger partial charge in [-0.1, -0.05) is 35.5 Å². The summed E-state index contributed by atoms with van der Waals surface area (Å²) in [5.41, 5.74) is 0.837. The fourth-order valence-corrected chi connectivity index (χ4v) is 3.30. The Hall–Kier alpha value is -2.58. The van der Waals surface area contributed by atoms with Crippen LogP contribution in [-0.4, -0.2) is 38.0 Å². The summed E-state index contributed by atoms with van der Waals surface area (Å²) >= 11 is 7.12. The molecule has 2 aromatic heterocycles. The Morgan fingerprint density at radius 1 is 1.26 bits per heavy atom. The van der Waals surface area contributed by atoms with Crippen molar-refractivity contribution >= 4 is 35.1 Å². The first-order valence-corrected chi connectivity index (χ1v) is 9.37. The average Bonchev–Trinajstić information content (AvgIpc) is 3.03. The van der Waals surface area contributed by atoms with Crippen LogP contribution in [0.1, 0.15) is 6.92 Å². The number of hydrogen-bond donors (Lipinski definition) is 1. The summed E-state index contributed by atoms with van der Waals surface area (Å²) in [6.45, 7) is 1.80. The number of rotatable bonds is 6. The quantitative estimate of drug-likeness (QED) is 0.632. The van der Waals surface area contributed by atoms with Gasteiger partial charge in [-0.3, -0.25) is 4.79 Å². The number of hydrogen-bond acceptors (Lipinski definition) is 6. The Morgan fingerprint density at radius 2 is 2.04 bits per heavy atom. The number of para-hydroxylation sites is 1. The number of carbonyl (C=O) groups is 1. The smallest absolute Gasteiger partial charge is 0.238 e. The van der Waals surface area contributed by atoms with E-state index in [0.29, 0.717) is 27.6 Å². The predicted molar refractivity (Wildman–Crippen MR) is 106 cm³/mol. The molecule has 0 saturated carbocycles. The molecule has 0 spiro atoms. The van der Waals surface area contributed by atoms with Crippen LogP contribution in [0.4, 0.5) is 5.82 Å². The zero-order chi connectivity index (χ0) is 19.4. The number of amides is 1. The molecule has 0 aliphatic heterocycles. The maximum absolute atomic E-state index is 12.4. The summed E-state index contributed by atoms with van der Waals surface area (Å²) in [5, 5.41) is 12.0. The van der Waals surface area contributed by atoms with E-state index in [1.165, 1.54) is 18.0 Å². The minimum atomic E-state index is -0.393. The van der Waals surface area contributed by atoms with E-state index in [9.17, 15) is 4.79 Å². The molecule has 0 saturated heterocycles. The van der Waals surface area contributed by atoms with Crippen LogP contribution < -0.4 is 10.1 Å². The van der Waals surface area contributed by atoms with Crippen molar-refractivity contribution in [1.29, 1.82) is 0 Å². The topological polar surface area (TPSA) is 81.9 Å². The zero-order valence-electron chi connectivity index (χ0n) is 15.0. The number of nitrogens with one attached hydrogen (secondary N) is 1. The van der Waals surface area contributed by atoms with Crippen molar-refractivity contribution in [3.05, 3.63) is 47.6 Å². The SMILES string of the molecule is COc1ccccc1-c1nnc(SC(C)C(=O)Nc2ccc(Cl)cn2)n1C. The number of pyridine rings is 1. The summed E-state index contributed by atoms with van der Waals surface area (Å²) in [6.07, 6.45) is 1.48. The number of thioether (sulfide) groups is 1. The van der Waals surface area contributed by atoms with Gasteiger partial charge >= 0.3 is 0 Å². The molecule has 3 aromatic rings. The van der Waals surface area contributed by atoms with Gasteiger partial charge in [-0.25, -0.2) is 4.98 Å². The number of methoxy groups -OCH3 is 1. The lowest BCUT2D eigenvalue weighted by Crippen LogP contribution is -2.23. The highest BCUT2D eigenvalue weighted by Gasteiger charge is 2.20. The molecule has 3 rings (SSSR count). The number of nitrogens with zero attached hydrogens (tertiary/aromatic N) is 4. The lowest BCUT2D eigenvalue weighted by atomic mass is 10.2. The molecule has 0 bridgehead atoms. The number of halogens is 1. The Balaban J connectivity index is 1.73. The molecule has 0 fully saturated rings. The maximum Gasteiger partial charge on any atom is 0.238 e. The second kappa shape index (κ2) is 8.41. The lowest BCUT2D eigenvalue weighted by molar-refractivity contribution is -0.115. The Bertz CT molecular complexity index is 945. The van der Waals surface area contributed by atoms with E-state index in [2.05, 4.69) is 20.5 Å². The van der Waals surface area contributed by atoms with Crippen LogP contribution in [-0.2, 0) is 11.8 Å². The number of ether oxygens (including phenoxy) is 1. The Kier molecular flexibility index (Phi) is 5.98. The third kappa shape index (κ3) is 4.40. The molecule has 140 valence electrons. The highest BCUT2D eigenvalue weighted by atomic mass is 35.5. The molecule has 7 nitrogen and oxygen atoms in total. The van der Waals surface area contributed by atoms with Gasteiger partial charge in [-0.05, 0) is 31.2 Å². The summed E-state index contributed by atoms with van der Waals surface area (Å²) in [5.74, 6) is 1.65. The molecule has 27 heavy (non-hydrogen) atoms. The van der Waals surface area contributed by atoms with Crippen molar-refractivity contribution in [1.82, 2.24) is 19.7 Å². The monoisotopic (exact) mass is 403 g/mol. The van der Waals surface area contributed by atoms with E-state index < -0.39 is 5.25 Å². The van der Waals surface area contributed by atoms with Crippen LogP contribution in [0.15, 0.2) is 47.8 Å². The van der Waals surface area contributed by atoms with E-state index in [1.54, 1.807) is 26.2 Å². The van der Waals surface area contributed by atoms with Crippen molar-refractivity contribution in [2.24, 2.45) is 7.05 Å². The van der Waals surface area contributed by atoms with Gasteiger partial charge in [0.05, 0.1) is 22.9 Å². The summed E-state index contributed by atoms with van der Waals surface area (Å²) < 4.78 is 7.23.